The summed E-state index contributed by atoms with van der Waals surface area (Å²) in [7, 11) is 1.84. The van der Waals surface area contributed by atoms with Gasteiger partial charge in [0.1, 0.15) is 5.69 Å². The molecule has 0 unspecified atom stereocenters. The van der Waals surface area contributed by atoms with Crippen molar-refractivity contribution in [3.8, 4) is 0 Å². The van der Waals surface area contributed by atoms with E-state index >= 15 is 0 Å². The predicted molar refractivity (Wildman–Crippen MR) is 60.6 cm³/mol. The number of nitrogens with zero attached hydrogens (tertiary/aromatic N) is 1. The van der Waals surface area contributed by atoms with Crippen molar-refractivity contribution in [2.75, 3.05) is 6.61 Å². The first-order chi connectivity index (χ1) is 6.99. The molecule has 0 saturated carbocycles. The molecule has 1 N–H and O–H groups in total. The normalized spacial score (nSPS) is 10.7. The second kappa shape index (κ2) is 4.61. The maximum Gasteiger partial charge on any atom is 0.356 e. The molecule has 0 fully saturated rings. The van der Waals surface area contributed by atoms with E-state index < -0.39 is 0 Å². The van der Waals surface area contributed by atoms with Crippen LogP contribution in [0.4, 0.5) is 0 Å². The summed E-state index contributed by atoms with van der Waals surface area (Å²) in [6.07, 6.45) is 0. The van der Waals surface area contributed by atoms with Crippen LogP contribution >= 0.6 is 12.2 Å². The number of aromatic nitrogens is 2. The second-order valence-corrected chi connectivity index (χ2v) is 4.01. The Morgan fingerprint density at radius 2 is 2.20 bits per heavy atom. The first-order valence-corrected chi connectivity index (χ1v) is 5.35. The number of esters is 1. The lowest BCUT2D eigenvalue weighted by Crippen LogP contribution is -2.10. The Kier molecular flexibility index (Phi) is 3.68. The molecule has 0 aliphatic heterocycles. The number of aromatic amines is 1. The minimum absolute atomic E-state index is 0.224. The van der Waals surface area contributed by atoms with Crippen molar-refractivity contribution < 1.29 is 9.53 Å². The van der Waals surface area contributed by atoms with Gasteiger partial charge in [-0.1, -0.05) is 13.8 Å². The van der Waals surface area contributed by atoms with Crippen LogP contribution in [0.5, 0.6) is 0 Å². The molecule has 0 aliphatic carbocycles. The van der Waals surface area contributed by atoms with Crippen molar-refractivity contribution in [3.05, 3.63) is 16.2 Å². The maximum absolute atomic E-state index is 11.6. The van der Waals surface area contributed by atoms with Crippen molar-refractivity contribution in [1.29, 1.82) is 0 Å². The van der Waals surface area contributed by atoms with Crippen LogP contribution in [0.15, 0.2) is 0 Å². The summed E-state index contributed by atoms with van der Waals surface area (Å²) in [5, 5.41) is 0. The summed E-state index contributed by atoms with van der Waals surface area (Å²) in [6.45, 7) is 6.18. The average Bonchev–Trinajstić information content (AvgIpc) is 2.44. The van der Waals surface area contributed by atoms with Crippen LogP contribution in [-0.4, -0.2) is 22.1 Å². The number of nitrogens with one attached hydrogen (secondary N) is 1. The van der Waals surface area contributed by atoms with Crippen molar-refractivity contribution >= 4 is 18.2 Å². The lowest BCUT2D eigenvalue weighted by molar-refractivity contribution is 0.0518. The fourth-order valence-corrected chi connectivity index (χ4v) is 1.77. The van der Waals surface area contributed by atoms with Crippen LogP contribution < -0.4 is 0 Å². The smallest absolute Gasteiger partial charge is 0.356 e. The van der Waals surface area contributed by atoms with Gasteiger partial charge in [-0.05, 0) is 25.1 Å². The topological polar surface area (TPSA) is 47.0 Å². The van der Waals surface area contributed by atoms with E-state index in [0.717, 1.165) is 5.69 Å². The molecule has 4 nitrogen and oxygen atoms in total. The van der Waals surface area contributed by atoms with Crippen molar-refractivity contribution in [2.24, 2.45) is 7.05 Å². The molecular formula is C10H16N2O2S. The van der Waals surface area contributed by atoms with E-state index in [1.807, 2.05) is 25.5 Å². The third-order valence-electron chi connectivity index (χ3n) is 2.18. The van der Waals surface area contributed by atoms with Gasteiger partial charge in [-0.25, -0.2) is 4.79 Å². The number of H-pyrrole nitrogens is 1. The largest absolute Gasteiger partial charge is 0.461 e. The molecule has 1 aromatic rings. The van der Waals surface area contributed by atoms with Gasteiger partial charge in [0.15, 0.2) is 4.77 Å². The zero-order valence-electron chi connectivity index (χ0n) is 9.46. The number of carbonyl (C=O) groups is 1. The van der Waals surface area contributed by atoms with Crippen LogP contribution in [0.1, 0.15) is 42.9 Å². The van der Waals surface area contributed by atoms with E-state index in [2.05, 4.69) is 4.98 Å². The standard InChI is InChI=1S/C10H16N2O2S/c1-5-14-9(13)7-8(6(2)3)12(4)10(15)11-7/h6H,5H2,1-4H3,(H,11,15). The zero-order chi connectivity index (χ0) is 11.6. The van der Waals surface area contributed by atoms with Gasteiger partial charge >= 0.3 is 5.97 Å². The number of carbonyl (C=O) groups excluding carboxylic acids is 1. The lowest BCUT2D eigenvalue weighted by atomic mass is 10.1. The first-order valence-electron chi connectivity index (χ1n) is 4.95. The van der Waals surface area contributed by atoms with Crippen LogP contribution in [0.25, 0.3) is 0 Å². The molecule has 5 heteroatoms. The average molecular weight is 228 g/mol. The van der Waals surface area contributed by atoms with Crippen LogP contribution in [0, 0.1) is 4.77 Å². The maximum atomic E-state index is 11.6. The molecule has 84 valence electrons. The fourth-order valence-electron chi connectivity index (χ4n) is 1.57. The van der Waals surface area contributed by atoms with Crippen LogP contribution in [0.2, 0.25) is 0 Å². The number of ether oxygens (including phenoxy) is 1. The SMILES string of the molecule is CCOC(=O)c1[nH]c(=S)n(C)c1C(C)C. The summed E-state index contributed by atoms with van der Waals surface area (Å²) in [5.41, 5.74) is 1.36. The van der Waals surface area contributed by atoms with Gasteiger partial charge in [0.25, 0.3) is 0 Å². The van der Waals surface area contributed by atoms with E-state index in [9.17, 15) is 4.79 Å². The fraction of sp³-hybridized carbons (Fsp3) is 0.600. The summed E-state index contributed by atoms with van der Waals surface area (Å²) in [6, 6.07) is 0. The van der Waals surface area contributed by atoms with E-state index in [0.29, 0.717) is 17.1 Å². The minimum atomic E-state index is -0.340. The molecule has 0 saturated heterocycles. The van der Waals surface area contributed by atoms with Crippen molar-refractivity contribution in [1.82, 2.24) is 9.55 Å². The second-order valence-electron chi connectivity index (χ2n) is 3.62. The number of hydrogen-bond acceptors (Lipinski definition) is 3. The van der Waals surface area contributed by atoms with Gasteiger partial charge in [-0.2, -0.15) is 0 Å². The van der Waals surface area contributed by atoms with Gasteiger partial charge in [0.05, 0.1) is 12.3 Å². The Morgan fingerprint density at radius 3 is 2.67 bits per heavy atom. The molecule has 0 aliphatic rings. The van der Waals surface area contributed by atoms with E-state index in [-0.39, 0.29) is 11.9 Å². The molecule has 0 atom stereocenters. The molecule has 0 spiro atoms. The number of hydrogen-bond donors (Lipinski definition) is 1. The third kappa shape index (κ3) is 2.28. The quantitative estimate of drug-likeness (QED) is 0.638. The predicted octanol–water partition coefficient (Wildman–Crippen LogP) is 2.38. The summed E-state index contributed by atoms with van der Waals surface area (Å²) in [4.78, 5) is 14.5. The molecular weight excluding hydrogens is 212 g/mol. The number of rotatable bonds is 3. The van der Waals surface area contributed by atoms with Gasteiger partial charge < -0.3 is 14.3 Å². The Bertz CT molecular complexity index is 418. The van der Waals surface area contributed by atoms with Gasteiger partial charge in [0.2, 0.25) is 0 Å². The Hall–Kier alpha value is -1.10. The molecule has 15 heavy (non-hydrogen) atoms. The molecule has 1 heterocycles. The molecule has 1 aromatic heterocycles. The van der Waals surface area contributed by atoms with Crippen molar-refractivity contribution in [2.45, 2.75) is 26.7 Å². The van der Waals surface area contributed by atoms with E-state index in [1.54, 1.807) is 6.92 Å². The Balaban J connectivity index is 3.23. The highest BCUT2D eigenvalue weighted by Crippen LogP contribution is 2.19. The monoisotopic (exact) mass is 228 g/mol. The molecule has 0 bridgehead atoms. The van der Waals surface area contributed by atoms with Gasteiger partial charge in [-0.3, -0.25) is 0 Å². The summed E-state index contributed by atoms with van der Waals surface area (Å²) < 4.78 is 7.31. The molecule has 1 rings (SSSR count). The van der Waals surface area contributed by atoms with Crippen molar-refractivity contribution in [3.63, 3.8) is 0 Å². The summed E-state index contributed by atoms with van der Waals surface area (Å²) in [5.74, 6) is -0.116. The Morgan fingerprint density at radius 1 is 1.60 bits per heavy atom. The summed E-state index contributed by atoms with van der Waals surface area (Å²) >= 11 is 5.08. The zero-order valence-corrected chi connectivity index (χ0v) is 10.3. The molecule has 0 aromatic carbocycles. The highest BCUT2D eigenvalue weighted by Gasteiger charge is 2.19. The van der Waals surface area contributed by atoms with Crippen LogP contribution in [-0.2, 0) is 11.8 Å². The van der Waals surface area contributed by atoms with Gasteiger partial charge in [0, 0.05) is 7.05 Å². The first kappa shape index (κ1) is 12.0. The van der Waals surface area contributed by atoms with E-state index in [1.165, 1.54) is 0 Å². The highest BCUT2D eigenvalue weighted by atomic mass is 32.1. The van der Waals surface area contributed by atoms with E-state index in [4.69, 9.17) is 17.0 Å². The van der Waals surface area contributed by atoms with Crippen LogP contribution in [0.3, 0.4) is 0 Å². The number of imidazole rings is 1. The third-order valence-corrected chi connectivity index (χ3v) is 2.56. The molecule has 0 amide bonds. The minimum Gasteiger partial charge on any atom is -0.461 e. The molecule has 0 radical (unpaired) electrons. The highest BCUT2D eigenvalue weighted by molar-refractivity contribution is 7.71. The van der Waals surface area contributed by atoms with Gasteiger partial charge in [-0.15, -0.1) is 0 Å². The Labute approximate surface area is 94.3 Å². The lowest BCUT2D eigenvalue weighted by Gasteiger charge is -2.08.